The maximum absolute atomic E-state index is 11.8. The van der Waals surface area contributed by atoms with Crippen molar-refractivity contribution in [2.75, 3.05) is 11.9 Å². The highest BCUT2D eigenvalue weighted by atomic mass is 32.1. The molecule has 1 atom stereocenters. The average Bonchev–Trinajstić information content (AvgIpc) is 2.99. The first-order chi connectivity index (χ1) is 11.0. The lowest BCUT2D eigenvalue weighted by Crippen LogP contribution is -2.37. The Morgan fingerprint density at radius 3 is 2.43 bits per heavy atom. The summed E-state index contributed by atoms with van der Waals surface area (Å²) in [7, 11) is 0. The molecule has 2 rings (SSSR count). The fourth-order valence-corrected chi connectivity index (χ4v) is 3.01. The highest BCUT2D eigenvalue weighted by Gasteiger charge is 2.17. The van der Waals surface area contributed by atoms with Crippen LogP contribution >= 0.6 is 11.3 Å². The third-order valence-corrected chi connectivity index (χ3v) is 4.61. The second-order valence-electron chi connectivity index (χ2n) is 5.20. The molecule has 3 N–H and O–H groups in total. The topological polar surface area (TPSA) is 78.4 Å². The van der Waals surface area contributed by atoms with Gasteiger partial charge < -0.3 is 15.7 Å². The number of carbonyl (C=O) groups is 2. The van der Waals surface area contributed by atoms with E-state index in [1.54, 1.807) is 12.1 Å². The first-order valence-corrected chi connectivity index (χ1v) is 8.29. The maximum Gasteiger partial charge on any atom is 0.313 e. The number of nitrogens with one attached hydrogen (secondary N) is 2. The molecule has 1 heterocycles. The van der Waals surface area contributed by atoms with Crippen molar-refractivity contribution in [3.05, 3.63) is 51.7 Å². The van der Waals surface area contributed by atoms with Gasteiger partial charge in [-0.2, -0.15) is 0 Å². The van der Waals surface area contributed by atoms with E-state index < -0.39 is 17.9 Å². The molecule has 2 aromatic rings. The number of anilines is 1. The van der Waals surface area contributed by atoms with E-state index in [0.717, 1.165) is 22.4 Å². The summed E-state index contributed by atoms with van der Waals surface area (Å²) in [5.41, 5.74) is 2.69. The van der Waals surface area contributed by atoms with Gasteiger partial charge in [-0.05, 0) is 48.1 Å². The van der Waals surface area contributed by atoms with E-state index in [9.17, 15) is 14.7 Å². The number of hydrogen-bond acceptors (Lipinski definition) is 4. The van der Waals surface area contributed by atoms with Gasteiger partial charge in [-0.25, -0.2) is 0 Å². The first kappa shape index (κ1) is 17.2. The molecule has 23 heavy (non-hydrogen) atoms. The molecular formula is C17H20N2O3S. The number of carbonyl (C=O) groups excluding carboxylic acids is 2. The summed E-state index contributed by atoms with van der Waals surface area (Å²) in [6, 6.07) is 9.22. The first-order valence-electron chi connectivity index (χ1n) is 7.41. The van der Waals surface area contributed by atoms with E-state index in [0.29, 0.717) is 5.69 Å². The van der Waals surface area contributed by atoms with Crippen LogP contribution in [0.3, 0.4) is 0 Å². The van der Waals surface area contributed by atoms with Crippen LogP contribution in [0, 0.1) is 6.92 Å². The van der Waals surface area contributed by atoms with E-state index >= 15 is 0 Å². The predicted octanol–water partition coefficient (Wildman–Crippen LogP) is 2.41. The van der Waals surface area contributed by atoms with Crippen molar-refractivity contribution in [2.45, 2.75) is 26.4 Å². The van der Waals surface area contributed by atoms with E-state index in [1.807, 2.05) is 37.4 Å². The quantitative estimate of drug-likeness (QED) is 0.736. The Balaban J connectivity index is 1.85. The molecule has 0 saturated heterocycles. The van der Waals surface area contributed by atoms with Crippen LogP contribution in [0.15, 0.2) is 35.7 Å². The van der Waals surface area contributed by atoms with Gasteiger partial charge in [-0.3, -0.25) is 9.59 Å². The minimum Gasteiger partial charge on any atom is -0.386 e. The number of benzene rings is 1. The van der Waals surface area contributed by atoms with Crippen molar-refractivity contribution in [3.63, 3.8) is 0 Å². The summed E-state index contributed by atoms with van der Waals surface area (Å²) >= 11 is 1.42. The number of aliphatic hydroxyl groups excluding tert-OH is 1. The van der Waals surface area contributed by atoms with Crippen molar-refractivity contribution < 1.29 is 14.7 Å². The fourth-order valence-electron chi connectivity index (χ4n) is 2.10. The number of amides is 2. The lowest BCUT2D eigenvalue weighted by Gasteiger charge is -2.11. The highest BCUT2D eigenvalue weighted by Crippen LogP contribution is 2.23. The summed E-state index contributed by atoms with van der Waals surface area (Å²) in [6.07, 6.45) is 0.102. The van der Waals surface area contributed by atoms with Crippen LogP contribution in [0.2, 0.25) is 0 Å². The molecule has 0 radical (unpaired) electrons. The van der Waals surface area contributed by atoms with Crippen LogP contribution in [-0.4, -0.2) is 23.5 Å². The van der Waals surface area contributed by atoms with E-state index in [4.69, 9.17) is 0 Å². The number of thiophene rings is 1. The number of rotatable bonds is 5. The highest BCUT2D eigenvalue weighted by molar-refractivity contribution is 7.10. The Morgan fingerprint density at radius 2 is 1.87 bits per heavy atom. The van der Waals surface area contributed by atoms with Gasteiger partial charge in [0.05, 0.1) is 0 Å². The van der Waals surface area contributed by atoms with E-state index in [1.165, 1.54) is 11.3 Å². The second-order valence-corrected chi connectivity index (χ2v) is 6.15. The Bertz CT molecular complexity index is 679. The molecule has 6 heteroatoms. The molecule has 5 nitrogen and oxygen atoms in total. The molecule has 0 aliphatic rings. The third kappa shape index (κ3) is 4.64. The maximum atomic E-state index is 11.8. The van der Waals surface area contributed by atoms with Gasteiger partial charge in [0.15, 0.2) is 0 Å². The number of aryl methyl sites for hydroxylation is 2. The zero-order valence-corrected chi connectivity index (χ0v) is 13.9. The Labute approximate surface area is 139 Å². The van der Waals surface area contributed by atoms with Gasteiger partial charge in [0.25, 0.3) is 0 Å². The van der Waals surface area contributed by atoms with Crippen LogP contribution in [0.1, 0.15) is 29.0 Å². The van der Waals surface area contributed by atoms with Gasteiger partial charge in [0, 0.05) is 17.1 Å². The molecular weight excluding hydrogens is 312 g/mol. The fraction of sp³-hybridized carbons (Fsp3) is 0.294. The van der Waals surface area contributed by atoms with Gasteiger partial charge in [0.2, 0.25) is 0 Å². The Kier molecular flexibility index (Phi) is 5.90. The molecule has 2 amide bonds. The predicted molar refractivity (Wildman–Crippen MR) is 91.5 cm³/mol. The molecule has 0 spiro atoms. The van der Waals surface area contributed by atoms with Crippen LogP contribution in [-0.2, 0) is 16.0 Å². The smallest absolute Gasteiger partial charge is 0.313 e. The van der Waals surface area contributed by atoms with Crippen LogP contribution in [0.4, 0.5) is 5.69 Å². The van der Waals surface area contributed by atoms with E-state index in [-0.39, 0.29) is 6.54 Å². The minimum atomic E-state index is -0.810. The van der Waals surface area contributed by atoms with Crippen molar-refractivity contribution in [1.29, 1.82) is 0 Å². The molecule has 0 saturated carbocycles. The van der Waals surface area contributed by atoms with Crippen molar-refractivity contribution in [1.82, 2.24) is 5.32 Å². The van der Waals surface area contributed by atoms with E-state index in [2.05, 4.69) is 10.6 Å². The lowest BCUT2D eigenvalue weighted by atomic mass is 10.1. The molecule has 0 aliphatic heterocycles. The summed E-state index contributed by atoms with van der Waals surface area (Å²) < 4.78 is 0. The van der Waals surface area contributed by atoms with Crippen molar-refractivity contribution in [2.24, 2.45) is 0 Å². The minimum absolute atomic E-state index is 0.00236. The molecule has 0 bridgehead atoms. The van der Waals surface area contributed by atoms with Gasteiger partial charge in [-0.1, -0.05) is 19.1 Å². The van der Waals surface area contributed by atoms with Crippen LogP contribution in [0.5, 0.6) is 0 Å². The summed E-state index contributed by atoms with van der Waals surface area (Å²) in [4.78, 5) is 24.4. The molecule has 0 aliphatic carbocycles. The van der Waals surface area contributed by atoms with Crippen LogP contribution < -0.4 is 10.6 Å². The number of aliphatic hydroxyl groups is 1. The van der Waals surface area contributed by atoms with Gasteiger partial charge in [0.1, 0.15) is 6.10 Å². The second kappa shape index (κ2) is 7.89. The Hall–Kier alpha value is -2.18. The van der Waals surface area contributed by atoms with Gasteiger partial charge >= 0.3 is 11.8 Å². The normalized spacial score (nSPS) is 11.8. The average molecular weight is 332 g/mol. The standard InChI is InChI=1S/C17H20N2O3S/c1-3-12-4-6-13(7-5-12)19-17(22)16(21)18-10-14(20)15-11(2)8-9-23-15/h4-9,14,20H,3,10H2,1-2H3,(H,18,21)(H,19,22). The Morgan fingerprint density at radius 1 is 1.17 bits per heavy atom. The number of hydrogen-bond donors (Lipinski definition) is 3. The molecule has 1 aromatic carbocycles. The van der Waals surface area contributed by atoms with Crippen molar-refractivity contribution in [3.8, 4) is 0 Å². The molecule has 1 aromatic heterocycles. The zero-order chi connectivity index (χ0) is 16.8. The SMILES string of the molecule is CCc1ccc(NC(=O)C(=O)NCC(O)c2sccc2C)cc1. The summed E-state index contributed by atoms with van der Waals surface area (Å²) in [5, 5.41) is 16.9. The molecule has 1 unspecified atom stereocenters. The zero-order valence-electron chi connectivity index (χ0n) is 13.1. The van der Waals surface area contributed by atoms with Crippen molar-refractivity contribution >= 4 is 28.8 Å². The summed E-state index contributed by atoms with van der Waals surface area (Å²) in [6.45, 7) is 3.94. The summed E-state index contributed by atoms with van der Waals surface area (Å²) in [5.74, 6) is -1.51. The third-order valence-electron chi connectivity index (χ3n) is 3.49. The largest absolute Gasteiger partial charge is 0.386 e. The van der Waals surface area contributed by atoms with Crippen LogP contribution in [0.25, 0.3) is 0 Å². The monoisotopic (exact) mass is 332 g/mol. The molecule has 0 fully saturated rings. The molecule has 122 valence electrons. The van der Waals surface area contributed by atoms with Gasteiger partial charge in [-0.15, -0.1) is 11.3 Å². The lowest BCUT2D eigenvalue weighted by molar-refractivity contribution is -0.136.